The van der Waals surface area contributed by atoms with E-state index in [-0.39, 0.29) is 0 Å². The highest BCUT2D eigenvalue weighted by Gasteiger charge is 2.55. The van der Waals surface area contributed by atoms with Gasteiger partial charge in [-0.1, -0.05) is 0 Å². The summed E-state index contributed by atoms with van der Waals surface area (Å²) in [6.45, 7) is 8.41. The number of esters is 1. The first-order chi connectivity index (χ1) is 13.5. The van der Waals surface area contributed by atoms with Crippen molar-refractivity contribution in [1.29, 1.82) is 0 Å². The zero-order valence-corrected chi connectivity index (χ0v) is 17.5. The third-order valence-corrected chi connectivity index (χ3v) is 5.40. The minimum atomic E-state index is -2.40. The van der Waals surface area contributed by atoms with Crippen LogP contribution in [0.25, 0.3) is 0 Å². The van der Waals surface area contributed by atoms with Crippen LogP contribution in [0.5, 0.6) is 5.75 Å². The fourth-order valence-corrected chi connectivity index (χ4v) is 2.76. The van der Waals surface area contributed by atoms with Crippen LogP contribution < -0.4 is 4.74 Å². The van der Waals surface area contributed by atoms with E-state index in [9.17, 15) is 31.5 Å². The first kappa shape index (κ1) is 25.6. The number of ether oxygens (including phenoxy) is 4. The molecule has 0 aromatic heterocycles. The lowest BCUT2D eigenvalue weighted by atomic mass is 9.65. The molecule has 30 heavy (non-hydrogen) atoms. The summed E-state index contributed by atoms with van der Waals surface area (Å²) in [5.41, 5.74) is -3.63. The highest BCUT2D eigenvalue weighted by Crippen LogP contribution is 2.45. The Morgan fingerprint density at radius 3 is 1.63 bits per heavy atom. The van der Waals surface area contributed by atoms with Crippen LogP contribution in [-0.4, -0.2) is 37.0 Å². The molecule has 6 nitrogen and oxygen atoms in total. The Hall–Kier alpha value is -2.43. The van der Waals surface area contributed by atoms with E-state index < -0.39 is 70.2 Å². The highest BCUT2D eigenvalue weighted by atomic mass is 19.2. The Morgan fingerprint density at radius 1 is 0.800 bits per heavy atom. The standard InChI is InChI=1S/C19H23F5O6/c1-9(25)30-18(4,5)19(6,17(2,3)27-7)8-28-16(26)29-15-13(23)11(21)10(20)12(22)14(15)24/h8H2,1-7H3. The Labute approximate surface area is 170 Å². The van der Waals surface area contributed by atoms with Gasteiger partial charge in [-0.05, 0) is 34.6 Å². The fourth-order valence-electron chi connectivity index (χ4n) is 2.76. The van der Waals surface area contributed by atoms with E-state index >= 15 is 0 Å². The molecule has 0 radical (unpaired) electrons. The van der Waals surface area contributed by atoms with Crippen LogP contribution in [0.4, 0.5) is 26.7 Å². The smallest absolute Gasteiger partial charge is 0.459 e. The minimum Gasteiger partial charge on any atom is -0.459 e. The summed E-state index contributed by atoms with van der Waals surface area (Å²) in [5, 5.41) is 0. The highest BCUT2D eigenvalue weighted by molar-refractivity contribution is 5.66. The van der Waals surface area contributed by atoms with Crippen LogP contribution >= 0.6 is 0 Å². The lowest BCUT2D eigenvalue weighted by Crippen LogP contribution is -2.60. The van der Waals surface area contributed by atoms with Gasteiger partial charge in [0.25, 0.3) is 0 Å². The van der Waals surface area contributed by atoms with Crippen LogP contribution in [0.3, 0.4) is 0 Å². The number of methoxy groups -OCH3 is 1. The molecule has 0 aliphatic rings. The van der Waals surface area contributed by atoms with Gasteiger partial charge >= 0.3 is 12.1 Å². The van der Waals surface area contributed by atoms with E-state index in [4.69, 9.17) is 14.2 Å². The number of rotatable bonds is 7. The number of hydrogen-bond donors (Lipinski definition) is 0. The average Bonchev–Trinajstić information content (AvgIpc) is 2.64. The van der Waals surface area contributed by atoms with Crippen LogP contribution in [0.2, 0.25) is 0 Å². The van der Waals surface area contributed by atoms with E-state index in [1.54, 1.807) is 20.8 Å². The van der Waals surface area contributed by atoms with E-state index in [1.807, 2.05) is 0 Å². The zero-order valence-electron chi connectivity index (χ0n) is 17.5. The normalized spacial score (nSPS) is 14.1. The van der Waals surface area contributed by atoms with Crippen molar-refractivity contribution in [1.82, 2.24) is 0 Å². The number of hydrogen-bond acceptors (Lipinski definition) is 6. The van der Waals surface area contributed by atoms with Crippen LogP contribution in [0.15, 0.2) is 0 Å². The topological polar surface area (TPSA) is 71.1 Å². The van der Waals surface area contributed by atoms with Crippen molar-refractivity contribution in [2.75, 3.05) is 13.7 Å². The van der Waals surface area contributed by atoms with Crippen LogP contribution in [0.1, 0.15) is 41.5 Å². The van der Waals surface area contributed by atoms with Crippen molar-refractivity contribution in [2.24, 2.45) is 5.41 Å². The number of benzene rings is 1. The average molecular weight is 442 g/mol. The van der Waals surface area contributed by atoms with Crippen molar-refractivity contribution >= 4 is 12.1 Å². The van der Waals surface area contributed by atoms with Gasteiger partial charge in [-0.3, -0.25) is 4.79 Å². The molecule has 1 rings (SSSR count). The predicted molar refractivity (Wildman–Crippen MR) is 93.2 cm³/mol. The lowest BCUT2D eigenvalue weighted by molar-refractivity contribution is -0.211. The molecule has 0 bridgehead atoms. The monoisotopic (exact) mass is 442 g/mol. The molecule has 0 amide bonds. The Balaban J connectivity index is 3.18. The van der Waals surface area contributed by atoms with Crippen molar-refractivity contribution in [3.05, 3.63) is 29.1 Å². The molecule has 0 aliphatic heterocycles. The number of halogens is 5. The number of carbonyl (C=O) groups is 2. The van der Waals surface area contributed by atoms with Gasteiger partial charge in [0, 0.05) is 14.0 Å². The summed E-state index contributed by atoms with van der Waals surface area (Å²) in [5.74, 6) is -14.1. The molecule has 1 aromatic carbocycles. The molecule has 0 spiro atoms. The molecule has 0 saturated heterocycles. The second-order valence-electron chi connectivity index (χ2n) is 7.69. The maximum Gasteiger partial charge on any atom is 0.514 e. The van der Waals surface area contributed by atoms with Gasteiger partial charge in [-0.2, -0.15) is 8.78 Å². The predicted octanol–water partition coefficient (Wildman–Crippen LogP) is 4.67. The second-order valence-corrected chi connectivity index (χ2v) is 7.69. The van der Waals surface area contributed by atoms with E-state index in [0.717, 1.165) is 0 Å². The SMILES string of the molecule is COC(C)(C)C(C)(COC(=O)Oc1c(F)c(F)c(F)c(F)c1F)C(C)(C)OC(C)=O. The third kappa shape index (κ3) is 4.66. The van der Waals surface area contributed by atoms with Gasteiger partial charge in [0.1, 0.15) is 12.2 Å². The quantitative estimate of drug-likeness (QED) is 0.201. The lowest BCUT2D eigenvalue weighted by Gasteiger charge is -2.51. The van der Waals surface area contributed by atoms with Gasteiger partial charge in [0.2, 0.25) is 34.8 Å². The Bertz CT molecular complexity index is 810. The van der Waals surface area contributed by atoms with Gasteiger partial charge in [-0.15, -0.1) is 0 Å². The second kappa shape index (κ2) is 8.75. The molecule has 1 atom stereocenters. The van der Waals surface area contributed by atoms with Gasteiger partial charge in [0.15, 0.2) is 0 Å². The summed E-state index contributed by atoms with van der Waals surface area (Å²) in [7, 11) is 1.36. The maximum absolute atomic E-state index is 13.7. The van der Waals surface area contributed by atoms with E-state index in [2.05, 4.69) is 4.74 Å². The largest absolute Gasteiger partial charge is 0.514 e. The van der Waals surface area contributed by atoms with E-state index in [0.29, 0.717) is 0 Å². The number of carbonyl (C=O) groups excluding carboxylic acids is 2. The van der Waals surface area contributed by atoms with Gasteiger partial charge in [-0.25, -0.2) is 18.0 Å². The molecule has 0 N–H and O–H groups in total. The summed E-state index contributed by atoms with van der Waals surface area (Å²) in [6, 6.07) is 0. The van der Waals surface area contributed by atoms with Gasteiger partial charge < -0.3 is 18.9 Å². The van der Waals surface area contributed by atoms with Crippen LogP contribution in [0, 0.1) is 34.5 Å². The molecular formula is C19H23F5O6. The summed E-state index contributed by atoms with van der Waals surface area (Å²) >= 11 is 0. The molecule has 1 unspecified atom stereocenters. The van der Waals surface area contributed by atoms with E-state index in [1.165, 1.54) is 27.9 Å². The molecule has 0 aliphatic carbocycles. The molecule has 0 fully saturated rings. The Kier molecular flexibility index (Phi) is 7.46. The third-order valence-electron chi connectivity index (χ3n) is 5.40. The summed E-state index contributed by atoms with van der Waals surface area (Å²) < 4.78 is 86.8. The zero-order chi connectivity index (χ0) is 23.7. The molecular weight excluding hydrogens is 419 g/mol. The first-order valence-corrected chi connectivity index (χ1v) is 8.63. The van der Waals surface area contributed by atoms with Crippen molar-refractivity contribution in [3.63, 3.8) is 0 Å². The van der Waals surface area contributed by atoms with Crippen molar-refractivity contribution in [2.45, 2.75) is 52.7 Å². The maximum atomic E-state index is 13.7. The minimum absolute atomic E-state index is 0.567. The van der Waals surface area contributed by atoms with Crippen LogP contribution in [-0.2, 0) is 19.0 Å². The molecule has 1 aromatic rings. The molecule has 0 saturated carbocycles. The molecule has 0 heterocycles. The van der Waals surface area contributed by atoms with Crippen molar-refractivity contribution < 1.29 is 50.5 Å². The van der Waals surface area contributed by atoms with Crippen molar-refractivity contribution in [3.8, 4) is 5.75 Å². The molecule has 11 heteroatoms. The summed E-state index contributed by atoms with van der Waals surface area (Å²) in [6.07, 6.45) is -1.74. The Morgan fingerprint density at radius 2 is 1.23 bits per heavy atom. The summed E-state index contributed by atoms with van der Waals surface area (Å²) in [4.78, 5) is 23.5. The first-order valence-electron chi connectivity index (χ1n) is 8.63. The fraction of sp³-hybridized carbons (Fsp3) is 0.579. The molecule has 170 valence electrons. The van der Waals surface area contributed by atoms with Gasteiger partial charge in [0.05, 0.1) is 11.0 Å².